The Morgan fingerprint density at radius 2 is 2.18 bits per heavy atom. The first-order valence-corrected chi connectivity index (χ1v) is 8.73. The van der Waals surface area contributed by atoms with Crippen LogP contribution in [-0.4, -0.2) is 62.1 Å². The zero-order valence-corrected chi connectivity index (χ0v) is 15.8. The number of nitrogens with zero attached hydrogens (tertiary/aromatic N) is 1. The number of rotatable bonds is 8. The van der Waals surface area contributed by atoms with Crippen LogP contribution in [0.3, 0.4) is 0 Å². The molecule has 0 saturated carbocycles. The van der Waals surface area contributed by atoms with Crippen LogP contribution in [0.25, 0.3) is 0 Å². The van der Waals surface area contributed by atoms with Gasteiger partial charge in [-0.05, 0) is 30.5 Å². The molecule has 10 nitrogen and oxygen atoms in total. The van der Waals surface area contributed by atoms with Crippen molar-refractivity contribution in [2.24, 2.45) is 5.10 Å². The van der Waals surface area contributed by atoms with E-state index in [9.17, 15) is 14.4 Å². The van der Waals surface area contributed by atoms with E-state index in [1.807, 2.05) is 0 Å². The van der Waals surface area contributed by atoms with Crippen molar-refractivity contribution < 1.29 is 33.7 Å². The van der Waals surface area contributed by atoms with Crippen LogP contribution in [0, 0.1) is 0 Å². The highest BCUT2D eigenvalue weighted by atomic mass is 35.5. The maximum atomic E-state index is 11.7. The molecule has 1 atom stereocenters. The molecule has 0 aromatic heterocycles. The summed E-state index contributed by atoms with van der Waals surface area (Å²) in [6, 6.07) is 2.92. The van der Waals surface area contributed by atoms with Crippen molar-refractivity contribution in [2.45, 2.75) is 18.9 Å². The maximum Gasteiger partial charge on any atom is 0.341 e. The van der Waals surface area contributed by atoms with Crippen LogP contribution in [0.5, 0.6) is 11.5 Å². The molecular weight excluding hydrogens is 394 g/mol. The van der Waals surface area contributed by atoms with Gasteiger partial charge in [0.25, 0.3) is 0 Å². The molecule has 11 heteroatoms. The van der Waals surface area contributed by atoms with Gasteiger partial charge in [0.1, 0.15) is 0 Å². The second kappa shape index (κ2) is 10.5. The largest absolute Gasteiger partial charge is 0.493 e. The Kier molecular flexibility index (Phi) is 8.02. The topological polar surface area (TPSA) is 136 Å². The maximum absolute atomic E-state index is 11.7. The van der Waals surface area contributed by atoms with Gasteiger partial charge in [-0.15, -0.1) is 0 Å². The minimum absolute atomic E-state index is 0.0706. The monoisotopic (exact) mass is 413 g/mol. The van der Waals surface area contributed by atoms with E-state index in [2.05, 4.69) is 15.8 Å². The van der Waals surface area contributed by atoms with Crippen molar-refractivity contribution in [3.05, 3.63) is 22.7 Å². The molecule has 0 spiro atoms. The van der Waals surface area contributed by atoms with Gasteiger partial charge < -0.3 is 24.6 Å². The van der Waals surface area contributed by atoms with E-state index in [4.69, 9.17) is 30.9 Å². The smallest absolute Gasteiger partial charge is 0.341 e. The van der Waals surface area contributed by atoms with Crippen molar-refractivity contribution in [1.29, 1.82) is 0 Å². The Balaban J connectivity index is 1.91. The fourth-order valence-electron chi connectivity index (χ4n) is 2.40. The van der Waals surface area contributed by atoms with Crippen LogP contribution in [-0.2, 0) is 19.1 Å². The lowest BCUT2D eigenvalue weighted by atomic mass is 10.2. The van der Waals surface area contributed by atoms with Crippen LogP contribution >= 0.6 is 11.6 Å². The van der Waals surface area contributed by atoms with Crippen LogP contribution < -0.4 is 20.2 Å². The number of amides is 2. The van der Waals surface area contributed by atoms with E-state index in [-0.39, 0.29) is 29.2 Å². The Morgan fingerprint density at radius 3 is 2.82 bits per heavy atom. The molecule has 0 bridgehead atoms. The molecule has 1 heterocycles. The summed E-state index contributed by atoms with van der Waals surface area (Å²) < 4.78 is 15.6. The van der Waals surface area contributed by atoms with E-state index in [1.165, 1.54) is 25.5 Å². The fraction of sp³-hybridized carbons (Fsp3) is 0.412. The quantitative estimate of drug-likeness (QED) is 0.322. The number of hydrazone groups is 1. The average Bonchev–Trinajstić information content (AvgIpc) is 3.18. The second-order valence-electron chi connectivity index (χ2n) is 5.76. The SMILES string of the molecule is COc1cc(/C=N\NC(=O)C(=O)NC[C@H]2CCCO2)cc(Cl)c1OCC(=O)O. The van der Waals surface area contributed by atoms with E-state index in [0.717, 1.165) is 12.8 Å². The lowest BCUT2D eigenvalue weighted by molar-refractivity contribution is -0.139. The Labute approximate surface area is 165 Å². The van der Waals surface area contributed by atoms with Crippen molar-refractivity contribution >= 4 is 35.6 Å². The predicted octanol–water partition coefficient (Wildman–Crippen LogP) is 0.557. The normalized spacial score (nSPS) is 16.0. The summed E-state index contributed by atoms with van der Waals surface area (Å²) in [5.74, 6) is -2.64. The molecule has 1 aromatic rings. The molecular formula is C17H20ClN3O7. The average molecular weight is 414 g/mol. The minimum Gasteiger partial charge on any atom is -0.493 e. The van der Waals surface area contributed by atoms with E-state index in [0.29, 0.717) is 12.2 Å². The molecule has 1 aromatic carbocycles. The number of halogens is 1. The van der Waals surface area contributed by atoms with Crippen molar-refractivity contribution in [2.75, 3.05) is 26.9 Å². The van der Waals surface area contributed by atoms with Gasteiger partial charge in [-0.25, -0.2) is 10.2 Å². The van der Waals surface area contributed by atoms with Crippen molar-refractivity contribution in [1.82, 2.24) is 10.7 Å². The molecule has 2 rings (SSSR count). The standard InChI is InChI=1S/C17H20ClN3O7/c1-26-13-6-10(5-12(18)15(13)28-9-14(22)23)7-20-21-17(25)16(24)19-8-11-3-2-4-27-11/h5-7,11H,2-4,8-9H2,1H3,(H,19,24)(H,21,25)(H,22,23)/b20-7-/t11-/m1/s1. The highest BCUT2D eigenvalue weighted by Gasteiger charge is 2.19. The summed E-state index contributed by atoms with van der Waals surface area (Å²) in [4.78, 5) is 34.1. The number of hydrogen-bond acceptors (Lipinski definition) is 7. The second-order valence-corrected chi connectivity index (χ2v) is 6.17. The zero-order valence-electron chi connectivity index (χ0n) is 15.1. The molecule has 0 unspecified atom stereocenters. The number of hydrogen-bond donors (Lipinski definition) is 3. The van der Waals surface area contributed by atoms with Gasteiger partial charge in [-0.1, -0.05) is 11.6 Å². The summed E-state index contributed by atoms with van der Waals surface area (Å²) in [7, 11) is 1.36. The molecule has 1 aliphatic rings. The number of carboxylic acids is 1. The summed E-state index contributed by atoms with van der Waals surface area (Å²) in [6.45, 7) is 0.338. The number of ether oxygens (including phenoxy) is 3. The lowest BCUT2D eigenvalue weighted by Gasteiger charge is -2.11. The summed E-state index contributed by atoms with van der Waals surface area (Å²) >= 11 is 6.07. The van der Waals surface area contributed by atoms with Gasteiger partial charge in [-0.3, -0.25) is 9.59 Å². The molecule has 28 heavy (non-hydrogen) atoms. The number of carbonyl (C=O) groups is 3. The molecule has 1 aliphatic heterocycles. The van der Waals surface area contributed by atoms with Crippen LogP contribution in [0.1, 0.15) is 18.4 Å². The minimum atomic E-state index is -1.16. The Hall–Kier alpha value is -2.85. The van der Waals surface area contributed by atoms with Crippen LogP contribution in [0.4, 0.5) is 0 Å². The van der Waals surface area contributed by atoms with E-state index < -0.39 is 24.4 Å². The highest BCUT2D eigenvalue weighted by Crippen LogP contribution is 2.36. The molecule has 3 N–H and O–H groups in total. The first-order chi connectivity index (χ1) is 13.4. The first kappa shape index (κ1) is 21.5. The van der Waals surface area contributed by atoms with Gasteiger partial charge in [0.2, 0.25) is 0 Å². The van der Waals surface area contributed by atoms with Gasteiger partial charge in [-0.2, -0.15) is 5.10 Å². The number of methoxy groups -OCH3 is 1. The molecule has 1 fully saturated rings. The van der Waals surface area contributed by atoms with Gasteiger partial charge >= 0.3 is 17.8 Å². The number of carbonyl (C=O) groups excluding carboxylic acids is 2. The number of aliphatic carboxylic acids is 1. The summed E-state index contributed by atoms with van der Waals surface area (Å²) in [6.07, 6.45) is 2.95. The van der Waals surface area contributed by atoms with E-state index >= 15 is 0 Å². The van der Waals surface area contributed by atoms with Gasteiger partial charge in [0.05, 0.1) is 24.5 Å². The number of benzene rings is 1. The molecule has 1 saturated heterocycles. The third-order valence-electron chi connectivity index (χ3n) is 3.69. The number of carboxylic acid groups (broad SMARTS) is 1. The predicted molar refractivity (Wildman–Crippen MR) is 98.9 cm³/mol. The summed E-state index contributed by atoms with van der Waals surface area (Å²) in [5.41, 5.74) is 2.54. The molecule has 0 radical (unpaired) electrons. The van der Waals surface area contributed by atoms with Gasteiger partial charge in [0, 0.05) is 13.2 Å². The summed E-state index contributed by atoms with van der Waals surface area (Å²) in [5, 5.41) is 15.0. The molecule has 2 amide bonds. The fourth-order valence-corrected chi connectivity index (χ4v) is 2.67. The first-order valence-electron chi connectivity index (χ1n) is 8.35. The van der Waals surface area contributed by atoms with Crippen molar-refractivity contribution in [3.63, 3.8) is 0 Å². The molecule has 152 valence electrons. The highest BCUT2D eigenvalue weighted by molar-refractivity contribution is 6.35. The Morgan fingerprint density at radius 1 is 1.39 bits per heavy atom. The Bertz CT molecular complexity index is 763. The van der Waals surface area contributed by atoms with Crippen LogP contribution in [0.15, 0.2) is 17.2 Å². The lowest BCUT2D eigenvalue weighted by Crippen LogP contribution is -2.41. The molecule has 0 aliphatic carbocycles. The third kappa shape index (κ3) is 6.39. The number of nitrogens with one attached hydrogen (secondary N) is 2. The zero-order chi connectivity index (χ0) is 20.5. The van der Waals surface area contributed by atoms with Crippen molar-refractivity contribution in [3.8, 4) is 11.5 Å². The van der Waals surface area contributed by atoms with Crippen LogP contribution in [0.2, 0.25) is 5.02 Å². The van der Waals surface area contributed by atoms with Gasteiger partial charge in [0.15, 0.2) is 18.1 Å². The van der Waals surface area contributed by atoms with E-state index in [1.54, 1.807) is 0 Å². The third-order valence-corrected chi connectivity index (χ3v) is 3.97.